The lowest BCUT2D eigenvalue weighted by Gasteiger charge is -2.42. The summed E-state index contributed by atoms with van der Waals surface area (Å²) in [5.41, 5.74) is 0.200. The highest BCUT2D eigenvalue weighted by molar-refractivity contribution is 4.91. The van der Waals surface area contributed by atoms with E-state index in [0.717, 1.165) is 32.0 Å². The standard InChI is InChI=1S/C16H27N3O/c20-14-16(12-15-4-5-15)6-1-8-18(13-16)9-3-11-19-10-2-7-17-19/h2,7,10,15,20H,1,3-6,8-9,11-14H2. The summed E-state index contributed by atoms with van der Waals surface area (Å²) in [5.74, 6) is 0.908. The van der Waals surface area contributed by atoms with Crippen LogP contribution in [0, 0.1) is 11.3 Å². The molecule has 0 spiro atoms. The van der Waals surface area contributed by atoms with Crippen molar-refractivity contribution in [2.75, 3.05) is 26.2 Å². The summed E-state index contributed by atoms with van der Waals surface area (Å²) < 4.78 is 2.01. The van der Waals surface area contributed by atoms with Crippen molar-refractivity contribution in [3.05, 3.63) is 18.5 Å². The van der Waals surface area contributed by atoms with Crippen LogP contribution in [0.4, 0.5) is 0 Å². The fourth-order valence-electron chi connectivity index (χ4n) is 3.68. The first-order valence-corrected chi connectivity index (χ1v) is 8.10. The Morgan fingerprint density at radius 2 is 2.20 bits per heavy atom. The van der Waals surface area contributed by atoms with Crippen LogP contribution in [0.5, 0.6) is 0 Å². The average Bonchev–Trinajstić information content (AvgIpc) is 3.11. The number of rotatable bonds is 7. The van der Waals surface area contributed by atoms with Gasteiger partial charge in [0.05, 0.1) is 0 Å². The Bertz CT molecular complexity index is 402. The predicted octanol–water partition coefficient (Wildman–Crippen LogP) is 2.15. The second kappa shape index (κ2) is 6.27. The Morgan fingerprint density at radius 3 is 2.90 bits per heavy atom. The molecule has 3 rings (SSSR count). The van der Waals surface area contributed by atoms with E-state index in [2.05, 4.69) is 10.00 Å². The molecule has 1 atom stereocenters. The molecule has 2 fully saturated rings. The summed E-state index contributed by atoms with van der Waals surface area (Å²) >= 11 is 0. The predicted molar refractivity (Wildman–Crippen MR) is 79.4 cm³/mol. The van der Waals surface area contributed by atoms with Gasteiger partial charge in [-0.05, 0) is 50.8 Å². The van der Waals surface area contributed by atoms with Crippen LogP contribution in [0.1, 0.15) is 38.5 Å². The van der Waals surface area contributed by atoms with Gasteiger partial charge in [0, 0.05) is 37.5 Å². The quantitative estimate of drug-likeness (QED) is 0.830. The number of hydrogen-bond donors (Lipinski definition) is 1. The van der Waals surface area contributed by atoms with Crippen LogP contribution in [-0.2, 0) is 6.54 Å². The minimum atomic E-state index is 0.200. The van der Waals surface area contributed by atoms with E-state index < -0.39 is 0 Å². The van der Waals surface area contributed by atoms with Crippen molar-refractivity contribution in [2.45, 2.75) is 45.1 Å². The largest absolute Gasteiger partial charge is 0.396 e. The van der Waals surface area contributed by atoms with Crippen molar-refractivity contribution in [2.24, 2.45) is 11.3 Å². The van der Waals surface area contributed by atoms with Gasteiger partial charge in [-0.2, -0.15) is 5.10 Å². The van der Waals surface area contributed by atoms with Crippen LogP contribution in [0.15, 0.2) is 18.5 Å². The monoisotopic (exact) mass is 277 g/mol. The highest BCUT2D eigenvalue weighted by Crippen LogP contribution is 2.44. The number of aryl methyl sites for hydroxylation is 1. The molecular weight excluding hydrogens is 250 g/mol. The van der Waals surface area contributed by atoms with Crippen molar-refractivity contribution in [1.29, 1.82) is 0 Å². The maximum Gasteiger partial charge on any atom is 0.0499 e. The summed E-state index contributed by atoms with van der Waals surface area (Å²) in [6.07, 6.45) is 11.5. The van der Waals surface area contributed by atoms with Crippen LogP contribution >= 0.6 is 0 Å². The maximum atomic E-state index is 9.87. The van der Waals surface area contributed by atoms with E-state index in [0.29, 0.717) is 6.61 Å². The third-order valence-electron chi connectivity index (χ3n) is 4.92. The van der Waals surface area contributed by atoms with Gasteiger partial charge in [0.2, 0.25) is 0 Å². The van der Waals surface area contributed by atoms with Crippen molar-refractivity contribution < 1.29 is 5.11 Å². The Balaban J connectivity index is 1.46. The zero-order valence-electron chi connectivity index (χ0n) is 12.4. The molecule has 1 aliphatic carbocycles. The summed E-state index contributed by atoms with van der Waals surface area (Å²) in [5, 5.41) is 14.1. The molecule has 0 radical (unpaired) electrons. The van der Waals surface area contributed by atoms with Gasteiger partial charge in [-0.3, -0.25) is 4.68 Å². The van der Waals surface area contributed by atoms with Crippen LogP contribution in [0.25, 0.3) is 0 Å². The molecule has 20 heavy (non-hydrogen) atoms. The first-order valence-electron chi connectivity index (χ1n) is 8.10. The minimum Gasteiger partial charge on any atom is -0.396 e. The van der Waals surface area contributed by atoms with E-state index in [9.17, 15) is 5.11 Å². The smallest absolute Gasteiger partial charge is 0.0499 e. The molecule has 112 valence electrons. The Kier molecular flexibility index (Phi) is 4.41. The Hall–Kier alpha value is -0.870. The summed E-state index contributed by atoms with van der Waals surface area (Å²) in [7, 11) is 0. The second-order valence-corrected chi connectivity index (χ2v) is 6.81. The maximum absolute atomic E-state index is 9.87. The molecule has 2 heterocycles. The lowest BCUT2D eigenvalue weighted by Crippen LogP contribution is -2.46. The van der Waals surface area contributed by atoms with E-state index in [1.165, 1.54) is 38.6 Å². The zero-order valence-corrected chi connectivity index (χ0v) is 12.4. The number of aliphatic hydroxyl groups excluding tert-OH is 1. The van der Waals surface area contributed by atoms with Crippen LogP contribution in [0.2, 0.25) is 0 Å². The molecule has 1 saturated heterocycles. The van der Waals surface area contributed by atoms with E-state index in [1.54, 1.807) is 0 Å². The average molecular weight is 277 g/mol. The van der Waals surface area contributed by atoms with E-state index >= 15 is 0 Å². The normalized spacial score (nSPS) is 27.9. The fraction of sp³-hybridized carbons (Fsp3) is 0.812. The van der Waals surface area contributed by atoms with Gasteiger partial charge in [-0.1, -0.05) is 12.8 Å². The molecule has 1 aromatic rings. The molecule has 1 unspecified atom stereocenters. The number of likely N-dealkylation sites (tertiary alicyclic amines) is 1. The lowest BCUT2D eigenvalue weighted by atomic mass is 9.76. The number of piperidine rings is 1. The molecule has 2 aliphatic rings. The van der Waals surface area contributed by atoms with E-state index in [-0.39, 0.29) is 5.41 Å². The zero-order chi connectivity index (χ0) is 13.8. The molecule has 1 aliphatic heterocycles. The van der Waals surface area contributed by atoms with Gasteiger partial charge >= 0.3 is 0 Å². The first-order chi connectivity index (χ1) is 9.80. The summed E-state index contributed by atoms with van der Waals surface area (Å²) in [6, 6.07) is 1.98. The third-order valence-corrected chi connectivity index (χ3v) is 4.92. The molecule has 1 saturated carbocycles. The van der Waals surface area contributed by atoms with Crippen molar-refractivity contribution in [3.8, 4) is 0 Å². The number of aliphatic hydroxyl groups is 1. The first kappa shape index (κ1) is 14.1. The van der Waals surface area contributed by atoms with Gasteiger partial charge in [0.15, 0.2) is 0 Å². The molecule has 4 heteroatoms. The Morgan fingerprint density at radius 1 is 1.30 bits per heavy atom. The number of nitrogens with zero attached hydrogens (tertiary/aromatic N) is 3. The number of aromatic nitrogens is 2. The van der Waals surface area contributed by atoms with Gasteiger partial charge in [0.1, 0.15) is 0 Å². The van der Waals surface area contributed by atoms with E-state index in [1.807, 2.05) is 23.1 Å². The lowest BCUT2D eigenvalue weighted by molar-refractivity contribution is 0.0205. The van der Waals surface area contributed by atoms with Crippen LogP contribution in [-0.4, -0.2) is 46.0 Å². The molecule has 1 N–H and O–H groups in total. The second-order valence-electron chi connectivity index (χ2n) is 6.81. The Labute approximate surface area is 121 Å². The van der Waals surface area contributed by atoms with Crippen molar-refractivity contribution in [3.63, 3.8) is 0 Å². The highest BCUT2D eigenvalue weighted by Gasteiger charge is 2.39. The highest BCUT2D eigenvalue weighted by atomic mass is 16.3. The molecule has 4 nitrogen and oxygen atoms in total. The fourth-order valence-corrected chi connectivity index (χ4v) is 3.68. The van der Waals surface area contributed by atoms with Crippen LogP contribution < -0.4 is 0 Å². The van der Waals surface area contributed by atoms with Gasteiger partial charge in [-0.15, -0.1) is 0 Å². The molecule has 0 aromatic carbocycles. The molecule has 0 bridgehead atoms. The van der Waals surface area contributed by atoms with Crippen molar-refractivity contribution in [1.82, 2.24) is 14.7 Å². The molecule has 1 aromatic heterocycles. The van der Waals surface area contributed by atoms with Gasteiger partial charge < -0.3 is 10.0 Å². The topological polar surface area (TPSA) is 41.3 Å². The minimum absolute atomic E-state index is 0.200. The number of hydrogen-bond acceptors (Lipinski definition) is 3. The summed E-state index contributed by atoms with van der Waals surface area (Å²) in [6.45, 7) is 4.80. The molecule has 0 amide bonds. The SMILES string of the molecule is OCC1(CC2CC2)CCCN(CCCn2cccn2)C1. The van der Waals surface area contributed by atoms with Crippen molar-refractivity contribution >= 4 is 0 Å². The van der Waals surface area contributed by atoms with Crippen LogP contribution in [0.3, 0.4) is 0 Å². The third kappa shape index (κ3) is 3.61. The van der Waals surface area contributed by atoms with Gasteiger partial charge in [-0.25, -0.2) is 0 Å². The molecular formula is C16H27N3O. The summed E-state index contributed by atoms with van der Waals surface area (Å²) in [4.78, 5) is 2.56. The van der Waals surface area contributed by atoms with E-state index in [4.69, 9.17) is 0 Å². The van der Waals surface area contributed by atoms with Gasteiger partial charge in [0.25, 0.3) is 0 Å².